The molecule has 10 heteroatoms. The summed E-state index contributed by atoms with van der Waals surface area (Å²) in [5.41, 5.74) is 2.70. The summed E-state index contributed by atoms with van der Waals surface area (Å²) in [6.07, 6.45) is 8.32. The van der Waals surface area contributed by atoms with Crippen molar-refractivity contribution in [2.45, 2.75) is 19.4 Å². The number of fused-ring (bicyclic) bond motifs is 1. The molecule has 2 atom stereocenters. The van der Waals surface area contributed by atoms with Gasteiger partial charge in [0.15, 0.2) is 17.3 Å². The smallest absolute Gasteiger partial charge is 0.274 e. The van der Waals surface area contributed by atoms with Crippen LogP contribution in [-0.2, 0) is 6.54 Å². The summed E-state index contributed by atoms with van der Waals surface area (Å²) >= 11 is 0. The Kier molecular flexibility index (Phi) is 9.28. The molecule has 0 radical (unpaired) electrons. The van der Waals surface area contributed by atoms with Gasteiger partial charge in [0.1, 0.15) is 11.2 Å². The van der Waals surface area contributed by atoms with Gasteiger partial charge in [0.05, 0.1) is 0 Å². The van der Waals surface area contributed by atoms with E-state index < -0.39 is 0 Å². The lowest BCUT2D eigenvalue weighted by Gasteiger charge is -2.32. The highest BCUT2D eigenvalue weighted by atomic mass is 16.1. The van der Waals surface area contributed by atoms with E-state index in [0.29, 0.717) is 35.0 Å². The number of hydrogen-bond donors (Lipinski definition) is 1. The van der Waals surface area contributed by atoms with Crippen molar-refractivity contribution in [3.8, 4) is 11.4 Å². The number of likely N-dealkylation sites (N-methyl/N-ethyl adjacent to an activating group) is 2. The van der Waals surface area contributed by atoms with Crippen LogP contribution in [0.3, 0.4) is 0 Å². The molecule has 1 N–H and O–H groups in total. The van der Waals surface area contributed by atoms with Crippen molar-refractivity contribution in [2.75, 3.05) is 91.4 Å². The maximum Gasteiger partial charge on any atom is 0.274 e. The average Bonchev–Trinajstić information content (AvgIpc) is 3.03. The van der Waals surface area contributed by atoms with Crippen LogP contribution in [-0.4, -0.2) is 125 Å². The molecule has 2 aliphatic heterocycles. The van der Waals surface area contributed by atoms with Crippen LogP contribution in [0.15, 0.2) is 59.4 Å². The van der Waals surface area contributed by atoms with E-state index in [2.05, 4.69) is 64.2 Å². The second-order valence-corrected chi connectivity index (χ2v) is 12.3. The van der Waals surface area contributed by atoms with Gasteiger partial charge in [-0.1, -0.05) is 61.6 Å². The Hall–Kier alpha value is -3.44. The number of nitrogens with zero attached hydrogens (tertiary/aromatic N) is 8. The lowest BCUT2D eigenvalue weighted by atomic mass is 9.87. The predicted octanol–water partition coefficient (Wildman–Crippen LogP) is 2.61. The average molecular weight is 584 g/mol. The van der Waals surface area contributed by atoms with Crippen LogP contribution in [0.4, 0.5) is 5.82 Å². The zero-order valence-corrected chi connectivity index (χ0v) is 25.8. The molecule has 0 amide bonds. The van der Waals surface area contributed by atoms with Gasteiger partial charge in [-0.05, 0) is 20.0 Å². The van der Waals surface area contributed by atoms with E-state index in [-0.39, 0.29) is 17.4 Å². The molecule has 4 heterocycles. The Labute approximate surface area is 254 Å². The van der Waals surface area contributed by atoms with Gasteiger partial charge in [0.2, 0.25) is 0 Å². The van der Waals surface area contributed by atoms with Crippen LogP contribution in [0.2, 0.25) is 0 Å². The van der Waals surface area contributed by atoms with Gasteiger partial charge in [-0.15, -0.1) is 0 Å². The van der Waals surface area contributed by atoms with Crippen LogP contribution in [0.5, 0.6) is 0 Å². The number of allylic oxidation sites excluding steroid dienone is 4. The topological polar surface area (TPSA) is 85.7 Å². The molecule has 0 spiro atoms. The minimum Gasteiger partial charge on any atom is -0.367 e. The zero-order chi connectivity index (χ0) is 29.8. The molecule has 0 saturated carbocycles. The fourth-order valence-corrected chi connectivity index (χ4v) is 6.18. The van der Waals surface area contributed by atoms with E-state index >= 15 is 0 Å². The Balaban J connectivity index is 1.41. The van der Waals surface area contributed by atoms with E-state index in [4.69, 9.17) is 15.0 Å². The van der Waals surface area contributed by atoms with Gasteiger partial charge < -0.3 is 15.1 Å². The van der Waals surface area contributed by atoms with E-state index in [9.17, 15) is 4.79 Å². The summed E-state index contributed by atoms with van der Waals surface area (Å²) in [4.78, 5) is 39.1. The number of hydrogen-bond acceptors (Lipinski definition) is 9. The lowest BCUT2D eigenvalue weighted by Crippen LogP contribution is -2.46. The first-order chi connectivity index (χ1) is 21.0. The van der Waals surface area contributed by atoms with Gasteiger partial charge in [0, 0.05) is 90.0 Å². The predicted molar refractivity (Wildman–Crippen MR) is 174 cm³/mol. The molecule has 2 saturated heterocycles. The number of nitrogens with one attached hydrogen (secondary N) is 1. The van der Waals surface area contributed by atoms with Crippen LogP contribution < -0.4 is 10.9 Å². The third kappa shape index (κ3) is 6.88. The van der Waals surface area contributed by atoms with Crippen molar-refractivity contribution in [3.63, 3.8) is 0 Å². The fourth-order valence-electron chi connectivity index (χ4n) is 6.18. The first-order valence-electron chi connectivity index (χ1n) is 15.7. The first-order valence-corrected chi connectivity index (χ1v) is 15.7. The van der Waals surface area contributed by atoms with Crippen molar-refractivity contribution in [3.05, 3.63) is 70.7 Å². The quantitative estimate of drug-likeness (QED) is 0.409. The zero-order valence-electron chi connectivity index (χ0n) is 25.8. The van der Waals surface area contributed by atoms with Gasteiger partial charge in [-0.2, -0.15) is 0 Å². The highest BCUT2D eigenvalue weighted by Crippen LogP contribution is 2.30. The fraction of sp³-hybridized carbons (Fsp3) is 0.515. The maximum absolute atomic E-state index is 14.3. The normalized spacial score (nSPS) is 22.4. The molecule has 3 aliphatic rings. The van der Waals surface area contributed by atoms with Crippen molar-refractivity contribution < 1.29 is 0 Å². The highest BCUT2D eigenvalue weighted by Gasteiger charge is 2.26. The monoisotopic (exact) mass is 583 g/mol. The molecule has 2 fully saturated rings. The van der Waals surface area contributed by atoms with E-state index in [1.807, 2.05) is 41.0 Å². The number of anilines is 1. The van der Waals surface area contributed by atoms with Crippen LogP contribution >= 0.6 is 0 Å². The summed E-state index contributed by atoms with van der Waals surface area (Å²) < 4.78 is 1.87. The number of rotatable bonds is 9. The van der Waals surface area contributed by atoms with E-state index in [0.717, 1.165) is 77.6 Å². The summed E-state index contributed by atoms with van der Waals surface area (Å²) in [5, 5.41) is 3.62. The second kappa shape index (κ2) is 13.5. The van der Waals surface area contributed by atoms with Crippen LogP contribution in [0.1, 0.15) is 18.5 Å². The minimum absolute atomic E-state index is 0.0560. The summed E-state index contributed by atoms with van der Waals surface area (Å²) in [6.45, 7) is 13.5. The minimum atomic E-state index is -0.0937. The molecule has 1 aliphatic carbocycles. The first kappa shape index (κ1) is 29.6. The highest BCUT2D eigenvalue weighted by molar-refractivity contribution is 5.85. The number of benzene rings is 1. The Morgan fingerprint density at radius 3 is 2.12 bits per heavy atom. The van der Waals surface area contributed by atoms with Gasteiger partial charge >= 0.3 is 0 Å². The third-order valence-corrected chi connectivity index (χ3v) is 9.13. The maximum atomic E-state index is 14.3. The molecule has 6 rings (SSSR count). The van der Waals surface area contributed by atoms with Gasteiger partial charge in [-0.25, -0.2) is 15.0 Å². The number of piperazine rings is 2. The largest absolute Gasteiger partial charge is 0.367 e. The van der Waals surface area contributed by atoms with Crippen molar-refractivity contribution >= 4 is 17.0 Å². The van der Waals surface area contributed by atoms with Crippen LogP contribution in [0.25, 0.3) is 22.6 Å². The molecule has 43 heavy (non-hydrogen) atoms. The molecule has 2 unspecified atom stereocenters. The summed E-state index contributed by atoms with van der Waals surface area (Å²) in [5.74, 6) is 1.37. The Bertz CT molecular complexity index is 1500. The van der Waals surface area contributed by atoms with Crippen molar-refractivity contribution in [2.24, 2.45) is 5.92 Å². The molecule has 0 bridgehead atoms. The third-order valence-electron chi connectivity index (χ3n) is 9.13. The second-order valence-electron chi connectivity index (χ2n) is 12.3. The molecule has 10 nitrogen and oxygen atoms in total. The summed E-state index contributed by atoms with van der Waals surface area (Å²) in [6, 6.07) is 10.0. The SMILES string of the molecule is CC1C=CC=CC1c1nc2c(NCCN3CCN(C)CC3)nc(-c3ccccc3)nc2n(CCN2CCN(C)CC2)c1=O. The number of aromatic nitrogens is 4. The van der Waals surface area contributed by atoms with Crippen molar-refractivity contribution in [1.29, 1.82) is 0 Å². The van der Waals surface area contributed by atoms with Gasteiger partial charge in [0.25, 0.3) is 5.56 Å². The van der Waals surface area contributed by atoms with Crippen molar-refractivity contribution in [1.82, 2.24) is 39.1 Å². The molecular weight excluding hydrogens is 538 g/mol. The van der Waals surface area contributed by atoms with Crippen LogP contribution in [0, 0.1) is 5.92 Å². The molecule has 2 aromatic heterocycles. The van der Waals surface area contributed by atoms with Gasteiger partial charge in [-0.3, -0.25) is 19.2 Å². The molecule has 3 aromatic rings. The van der Waals surface area contributed by atoms with E-state index in [1.165, 1.54) is 0 Å². The molecule has 228 valence electrons. The Morgan fingerprint density at radius 1 is 0.791 bits per heavy atom. The molecule has 1 aromatic carbocycles. The standard InChI is InChI=1S/C33H45N9O/c1-25-9-7-8-12-27(25)28-33(43)42(24-23-41-21-17-39(3)18-22-41)32-29(35-28)31(34-13-14-40-19-15-38(2)16-20-40)36-30(37-32)26-10-5-4-6-11-26/h4-12,25,27H,13-24H2,1-3H3,(H,34,36,37). The van der Waals surface area contributed by atoms with E-state index in [1.54, 1.807) is 0 Å². The Morgan fingerprint density at radius 2 is 1.44 bits per heavy atom. The molecular formula is C33H45N9O. The lowest BCUT2D eigenvalue weighted by molar-refractivity contribution is 0.150. The summed E-state index contributed by atoms with van der Waals surface area (Å²) in [7, 11) is 4.34.